The van der Waals surface area contributed by atoms with Crippen LogP contribution >= 0.6 is 12.4 Å². The Labute approximate surface area is 155 Å². The van der Waals surface area contributed by atoms with Crippen molar-refractivity contribution in [2.24, 2.45) is 0 Å². The zero-order valence-corrected chi connectivity index (χ0v) is 15.8. The van der Waals surface area contributed by atoms with Gasteiger partial charge in [-0.15, -0.1) is 12.4 Å². The molecule has 2 N–H and O–H groups in total. The molecular formula is C17H23ClN2O4S. The molecule has 0 fully saturated rings. The summed E-state index contributed by atoms with van der Waals surface area (Å²) in [4.78, 5) is 0.217. The number of nitrogens with one attached hydrogen (secondary N) is 2. The Balaban J connectivity index is 0.00000312. The fraction of sp³-hybridized carbons (Fsp3) is 0.294. The monoisotopic (exact) mass is 386 g/mol. The van der Waals surface area contributed by atoms with Gasteiger partial charge in [-0.3, -0.25) is 0 Å². The lowest BCUT2D eigenvalue weighted by atomic mass is 10.3. The molecule has 8 heteroatoms. The first-order valence-corrected chi connectivity index (χ1v) is 9.10. The molecule has 0 bridgehead atoms. The third-order valence-electron chi connectivity index (χ3n) is 3.32. The van der Waals surface area contributed by atoms with E-state index in [9.17, 15) is 8.42 Å². The Morgan fingerprint density at radius 1 is 0.880 bits per heavy atom. The lowest BCUT2D eigenvalue weighted by molar-refractivity contribution is 0.413. The van der Waals surface area contributed by atoms with Crippen molar-refractivity contribution in [1.82, 2.24) is 10.0 Å². The first-order valence-electron chi connectivity index (χ1n) is 7.61. The van der Waals surface area contributed by atoms with E-state index in [1.165, 1.54) is 12.1 Å². The third kappa shape index (κ3) is 6.55. The summed E-state index contributed by atoms with van der Waals surface area (Å²) in [5.74, 6) is 1.96. The van der Waals surface area contributed by atoms with Crippen molar-refractivity contribution in [3.8, 4) is 17.2 Å². The van der Waals surface area contributed by atoms with Crippen LogP contribution in [-0.2, 0) is 10.0 Å². The number of rotatable bonds is 9. The minimum atomic E-state index is -3.49. The van der Waals surface area contributed by atoms with Gasteiger partial charge in [0.25, 0.3) is 0 Å². The largest absolute Gasteiger partial charge is 0.497 e. The highest BCUT2D eigenvalue weighted by molar-refractivity contribution is 7.89. The van der Waals surface area contributed by atoms with Crippen LogP contribution in [0.2, 0.25) is 0 Å². The Morgan fingerprint density at radius 3 is 1.92 bits per heavy atom. The van der Waals surface area contributed by atoms with Gasteiger partial charge in [-0.1, -0.05) is 0 Å². The van der Waals surface area contributed by atoms with Gasteiger partial charge in [-0.05, 0) is 68.5 Å². The zero-order chi connectivity index (χ0) is 17.4. The fourth-order valence-electron chi connectivity index (χ4n) is 2.02. The van der Waals surface area contributed by atoms with Crippen LogP contribution in [0.4, 0.5) is 0 Å². The summed E-state index contributed by atoms with van der Waals surface area (Å²) in [6.45, 7) is 1.16. The number of sulfonamides is 1. The molecule has 0 radical (unpaired) electrons. The Hall–Kier alpha value is -1.80. The molecule has 0 aliphatic heterocycles. The average Bonchev–Trinajstić information content (AvgIpc) is 2.60. The van der Waals surface area contributed by atoms with Crippen molar-refractivity contribution in [3.05, 3.63) is 48.5 Å². The summed E-state index contributed by atoms with van der Waals surface area (Å²) in [7, 11) is -0.0608. The van der Waals surface area contributed by atoms with E-state index in [0.717, 1.165) is 18.7 Å². The molecule has 0 atom stereocenters. The van der Waals surface area contributed by atoms with Gasteiger partial charge in [0.1, 0.15) is 17.2 Å². The van der Waals surface area contributed by atoms with Crippen molar-refractivity contribution in [2.75, 3.05) is 27.2 Å². The van der Waals surface area contributed by atoms with Crippen molar-refractivity contribution in [3.63, 3.8) is 0 Å². The molecule has 2 aromatic carbocycles. The lowest BCUT2D eigenvalue weighted by Crippen LogP contribution is -2.26. The second-order valence-corrected chi connectivity index (χ2v) is 6.87. The maximum atomic E-state index is 12.1. The summed E-state index contributed by atoms with van der Waals surface area (Å²) in [5.41, 5.74) is 0. The number of ether oxygens (including phenoxy) is 2. The van der Waals surface area contributed by atoms with Crippen LogP contribution in [0.25, 0.3) is 0 Å². The summed E-state index contributed by atoms with van der Waals surface area (Å²) in [6, 6.07) is 13.5. The van der Waals surface area contributed by atoms with E-state index < -0.39 is 10.0 Å². The molecule has 138 valence electrons. The lowest BCUT2D eigenvalue weighted by Gasteiger charge is -2.09. The number of hydrogen-bond acceptors (Lipinski definition) is 5. The Morgan fingerprint density at radius 2 is 1.40 bits per heavy atom. The first-order chi connectivity index (χ1) is 11.5. The molecule has 0 spiro atoms. The van der Waals surface area contributed by atoms with Gasteiger partial charge >= 0.3 is 0 Å². The molecule has 6 nitrogen and oxygen atoms in total. The van der Waals surface area contributed by atoms with Crippen molar-refractivity contribution in [2.45, 2.75) is 11.3 Å². The Bertz CT molecular complexity index is 734. The van der Waals surface area contributed by atoms with Crippen LogP contribution in [-0.4, -0.2) is 35.7 Å². The molecule has 0 saturated heterocycles. The molecule has 2 aromatic rings. The van der Waals surface area contributed by atoms with Gasteiger partial charge in [0, 0.05) is 6.54 Å². The highest BCUT2D eigenvalue weighted by Crippen LogP contribution is 2.24. The molecule has 0 heterocycles. The van der Waals surface area contributed by atoms with Crippen LogP contribution < -0.4 is 19.5 Å². The van der Waals surface area contributed by atoms with Crippen LogP contribution in [0.5, 0.6) is 17.2 Å². The molecule has 0 saturated carbocycles. The highest BCUT2D eigenvalue weighted by atomic mass is 35.5. The molecule has 0 aliphatic rings. The molecule has 0 aromatic heterocycles. The maximum absolute atomic E-state index is 12.1. The highest BCUT2D eigenvalue weighted by Gasteiger charge is 2.13. The average molecular weight is 387 g/mol. The van der Waals surface area contributed by atoms with E-state index in [1.54, 1.807) is 43.5 Å². The SMILES string of the molecule is CNCCCNS(=O)(=O)c1ccc(Oc2ccc(OC)cc2)cc1.Cl. The zero-order valence-electron chi connectivity index (χ0n) is 14.2. The fourth-order valence-corrected chi connectivity index (χ4v) is 3.10. The van der Waals surface area contributed by atoms with Crippen molar-refractivity contribution in [1.29, 1.82) is 0 Å². The van der Waals surface area contributed by atoms with Crippen molar-refractivity contribution >= 4 is 22.4 Å². The molecule has 25 heavy (non-hydrogen) atoms. The smallest absolute Gasteiger partial charge is 0.240 e. The summed E-state index contributed by atoms with van der Waals surface area (Å²) >= 11 is 0. The van der Waals surface area contributed by atoms with Crippen LogP contribution in [0, 0.1) is 0 Å². The molecule has 2 rings (SSSR count). The van der Waals surface area contributed by atoms with Crippen LogP contribution in [0.15, 0.2) is 53.4 Å². The van der Waals surface area contributed by atoms with Crippen LogP contribution in [0.1, 0.15) is 6.42 Å². The minimum absolute atomic E-state index is 0. The number of halogens is 1. The maximum Gasteiger partial charge on any atom is 0.240 e. The Kier molecular flexibility index (Phi) is 8.71. The third-order valence-corrected chi connectivity index (χ3v) is 4.80. The van der Waals surface area contributed by atoms with Gasteiger partial charge in [0.05, 0.1) is 12.0 Å². The quantitative estimate of drug-likeness (QED) is 0.648. The standard InChI is InChI=1S/C17H22N2O4S.ClH/c1-18-12-3-13-19-24(20,21)17-10-8-16(9-11-17)23-15-6-4-14(22-2)5-7-15;/h4-11,18-19H,3,12-13H2,1-2H3;1H. The van der Waals surface area contributed by atoms with E-state index in [-0.39, 0.29) is 17.3 Å². The van der Waals surface area contributed by atoms with Gasteiger partial charge in [-0.25, -0.2) is 13.1 Å². The number of methoxy groups -OCH3 is 1. The van der Waals surface area contributed by atoms with Gasteiger partial charge < -0.3 is 14.8 Å². The molecule has 0 aliphatic carbocycles. The van der Waals surface area contributed by atoms with E-state index in [4.69, 9.17) is 9.47 Å². The summed E-state index contributed by atoms with van der Waals surface area (Å²) in [6.07, 6.45) is 0.731. The molecule has 0 unspecified atom stereocenters. The number of hydrogen-bond donors (Lipinski definition) is 2. The van der Waals surface area contributed by atoms with Gasteiger partial charge in [0.2, 0.25) is 10.0 Å². The minimum Gasteiger partial charge on any atom is -0.497 e. The predicted molar refractivity (Wildman–Crippen MR) is 100 cm³/mol. The van der Waals surface area contributed by atoms with Gasteiger partial charge in [0.15, 0.2) is 0 Å². The summed E-state index contributed by atoms with van der Waals surface area (Å²) in [5, 5.41) is 2.97. The predicted octanol–water partition coefficient (Wildman–Crippen LogP) is 2.80. The first kappa shape index (κ1) is 21.2. The van der Waals surface area contributed by atoms with Crippen LogP contribution in [0.3, 0.4) is 0 Å². The summed E-state index contributed by atoms with van der Waals surface area (Å²) < 4.78 is 37.6. The molecule has 0 amide bonds. The van der Waals surface area contributed by atoms with E-state index >= 15 is 0 Å². The normalized spacial score (nSPS) is 10.8. The van der Waals surface area contributed by atoms with E-state index in [0.29, 0.717) is 18.0 Å². The molecular weight excluding hydrogens is 364 g/mol. The topological polar surface area (TPSA) is 76.7 Å². The van der Waals surface area contributed by atoms with Gasteiger partial charge in [-0.2, -0.15) is 0 Å². The van der Waals surface area contributed by atoms with E-state index in [1.807, 2.05) is 7.05 Å². The second kappa shape index (κ2) is 10.2. The second-order valence-electron chi connectivity index (χ2n) is 5.10. The van der Waals surface area contributed by atoms with E-state index in [2.05, 4.69) is 10.0 Å². The number of benzene rings is 2. The van der Waals surface area contributed by atoms with Crippen molar-refractivity contribution < 1.29 is 17.9 Å².